The maximum atomic E-state index is 15.4. The Kier molecular flexibility index (Phi) is 13.1. The van der Waals surface area contributed by atoms with Crippen molar-refractivity contribution in [1.29, 1.82) is 5.26 Å². The molecule has 2 atom stereocenters. The molecular weight excluding hydrogens is 611 g/mol. The lowest BCUT2D eigenvalue weighted by Gasteiger charge is -2.27. The summed E-state index contributed by atoms with van der Waals surface area (Å²) in [5.74, 6) is -5.74. The van der Waals surface area contributed by atoms with E-state index >= 15 is 4.39 Å². The molecule has 0 aromatic carbocycles. The fourth-order valence-electron chi connectivity index (χ4n) is 3.73. The summed E-state index contributed by atoms with van der Waals surface area (Å²) in [6, 6.07) is 4.52. The molecule has 252 valence electrons. The molecule has 46 heavy (non-hydrogen) atoms. The highest BCUT2D eigenvalue weighted by atomic mass is 19.3. The van der Waals surface area contributed by atoms with Gasteiger partial charge in [0.05, 0.1) is 19.2 Å². The van der Waals surface area contributed by atoms with Crippen molar-refractivity contribution >= 4 is 24.1 Å². The summed E-state index contributed by atoms with van der Waals surface area (Å²) in [5, 5.41) is 16.6. The van der Waals surface area contributed by atoms with E-state index in [4.69, 9.17) is 14.3 Å². The number of hydrogen-bond donors (Lipinski definition) is 4. The molecule has 1 aromatic heterocycles. The van der Waals surface area contributed by atoms with Gasteiger partial charge in [-0.3, -0.25) is 19.9 Å². The SMILES string of the molecule is Cc1ccc(C(F)(F)CNC2=CC=C(C#N)C(CC(=O)NCCON/C(=N\C(=O)OC(C)(C)C)NC(=O)OC(C)(C)C)C2F)nc1. The lowest BCUT2D eigenvalue weighted by Crippen LogP contribution is -2.45. The highest BCUT2D eigenvalue weighted by molar-refractivity contribution is 5.98. The van der Waals surface area contributed by atoms with Crippen molar-refractivity contribution in [2.24, 2.45) is 10.9 Å². The van der Waals surface area contributed by atoms with E-state index in [1.165, 1.54) is 30.5 Å². The maximum Gasteiger partial charge on any atom is 0.437 e. The Balaban J connectivity index is 1.92. The average molecular weight is 652 g/mol. The number of nitrogens with zero attached hydrogens (tertiary/aromatic N) is 3. The summed E-state index contributed by atoms with van der Waals surface area (Å²) >= 11 is 0. The van der Waals surface area contributed by atoms with Crippen LogP contribution in [0.4, 0.5) is 22.8 Å². The number of nitrogens with one attached hydrogen (secondary N) is 4. The van der Waals surface area contributed by atoms with Crippen LogP contribution in [0.2, 0.25) is 0 Å². The number of rotatable bonds is 10. The van der Waals surface area contributed by atoms with E-state index in [-0.39, 0.29) is 24.4 Å². The third-order valence-electron chi connectivity index (χ3n) is 5.74. The van der Waals surface area contributed by atoms with Crippen LogP contribution in [0.3, 0.4) is 0 Å². The number of carbonyl (C=O) groups is 3. The van der Waals surface area contributed by atoms with E-state index in [1.54, 1.807) is 48.5 Å². The van der Waals surface area contributed by atoms with Crippen molar-refractivity contribution in [1.82, 2.24) is 26.4 Å². The normalized spacial score (nSPS) is 17.1. The van der Waals surface area contributed by atoms with Gasteiger partial charge < -0.3 is 20.1 Å². The summed E-state index contributed by atoms with van der Waals surface area (Å²) in [6.07, 6.45) is -0.601. The molecule has 13 nitrogen and oxygen atoms in total. The molecular formula is C30H40F3N7O6. The Labute approximate surface area is 265 Å². The molecule has 0 fully saturated rings. The Morgan fingerprint density at radius 1 is 1.07 bits per heavy atom. The van der Waals surface area contributed by atoms with Gasteiger partial charge in [0.15, 0.2) is 0 Å². The van der Waals surface area contributed by atoms with Crippen LogP contribution in [0.25, 0.3) is 0 Å². The largest absolute Gasteiger partial charge is 0.444 e. The van der Waals surface area contributed by atoms with Gasteiger partial charge in [-0.1, -0.05) is 6.07 Å². The first-order valence-corrected chi connectivity index (χ1v) is 14.3. The highest BCUT2D eigenvalue weighted by Crippen LogP contribution is 2.31. The number of hydroxylamine groups is 1. The Morgan fingerprint density at radius 3 is 2.33 bits per heavy atom. The smallest absolute Gasteiger partial charge is 0.437 e. The number of alkyl halides is 3. The van der Waals surface area contributed by atoms with Gasteiger partial charge in [0, 0.05) is 36.4 Å². The molecule has 0 bridgehead atoms. The molecule has 16 heteroatoms. The molecule has 1 aliphatic rings. The molecule has 1 heterocycles. The number of pyridine rings is 1. The summed E-state index contributed by atoms with van der Waals surface area (Å²) in [6.45, 7) is 10.2. The van der Waals surface area contributed by atoms with E-state index in [9.17, 15) is 28.4 Å². The number of aryl methyl sites for hydroxylation is 1. The zero-order valence-electron chi connectivity index (χ0n) is 26.8. The molecule has 1 aliphatic carbocycles. The van der Waals surface area contributed by atoms with Crippen LogP contribution in [-0.4, -0.2) is 66.1 Å². The van der Waals surface area contributed by atoms with Crippen LogP contribution in [0.5, 0.6) is 0 Å². The number of nitriles is 1. The van der Waals surface area contributed by atoms with Crippen molar-refractivity contribution < 1.29 is 41.9 Å². The standard InChI is InChI=1S/C30H40F3N7O6/c1-18-8-11-22(36-16-18)30(32,33)17-37-21-10-9-19(15-34)20(24(21)31)14-23(41)35-12-13-44-40-25(38-26(42)45-28(2,3)4)39-27(43)46-29(5,6)7/h8-11,16,20,24,37H,12-14,17H2,1-7H3,(H,35,41)(H2,38,39,40,42,43). The molecule has 4 N–H and O–H groups in total. The van der Waals surface area contributed by atoms with E-state index in [1.807, 2.05) is 6.07 Å². The van der Waals surface area contributed by atoms with Crippen LogP contribution in [0, 0.1) is 24.2 Å². The van der Waals surface area contributed by atoms with Gasteiger partial charge in [-0.05, 0) is 72.2 Å². The number of carbonyl (C=O) groups excluding carboxylic acids is 3. The molecule has 0 radical (unpaired) electrons. The second-order valence-corrected chi connectivity index (χ2v) is 12.2. The number of ether oxygens (including phenoxy) is 2. The van der Waals surface area contributed by atoms with Crippen molar-refractivity contribution in [3.63, 3.8) is 0 Å². The lowest BCUT2D eigenvalue weighted by atomic mass is 9.85. The number of aliphatic imine (C=N–C) groups is 1. The van der Waals surface area contributed by atoms with Crippen molar-refractivity contribution in [2.75, 3.05) is 19.7 Å². The van der Waals surface area contributed by atoms with Gasteiger partial charge in [-0.25, -0.2) is 19.5 Å². The number of aromatic nitrogens is 1. The predicted molar refractivity (Wildman–Crippen MR) is 161 cm³/mol. The quantitative estimate of drug-likeness (QED) is 0.124. The third-order valence-corrected chi connectivity index (χ3v) is 5.74. The van der Waals surface area contributed by atoms with E-state index in [2.05, 4.69) is 31.4 Å². The number of halogens is 3. The van der Waals surface area contributed by atoms with Gasteiger partial charge >= 0.3 is 18.1 Å². The number of hydrogen-bond acceptors (Lipinski definition) is 9. The van der Waals surface area contributed by atoms with Crippen molar-refractivity contribution in [2.45, 2.75) is 78.2 Å². The van der Waals surface area contributed by atoms with Gasteiger partial charge in [-0.15, -0.1) is 4.99 Å². The molecule has 0 saturated carbocycles. The first-order chi connectivity index (χ1) is 21.3. The van der Waals surface area contributed by atoms with Crippen LogP contribution in [0.15, 0.2) is 46.7 Å². The number of allylic oxidation sites excluding steroid dienone is 4. The predicted octanol–water partition coefficient (Wildman–Crippen LogP) is 4.22. The van der Waals surface area contributed by atoms with Crippen molar-refractivity contribution in [3.8, 4) is 6.07 Å². The molecule has 2 unspecified atom stereocenters. The summed E-state index contributed by atoms with van der Waals surface area (Å²) < 4.78 is 54.9. The van der Waals surface area contributed by atoms with Gasteiger partial charge in [0.1, 0.15) is 23.1 Å². The first-order valence-electron chi connectivity index (χ1n) is 14.3. The Hall–Kier alpha value is -4.65. The van der Waals surface area contributed by atoms with E-state index < -0.39 is 71.9 Å². The van der Waals surface area contributed by atoms with Gasteiger partial charge in [0.2, 0.25) is 11.9 Å². The monoisotopic (exact) mass is 651 g/mol. The number of alkyl carbamates (subject to hydrolysis) is 1. The van der Waals surface area contributed by atoms with E-state index in [0.717, 1.165) is 0 Å². The summed E-state index contributed by atoms with van der Waals surface area (Å²) in [5.41, 5.74) is 0.544. The Morgan fingerprint density at radius 2 is 1.74 bits per heavy atom. The molecule has 0 aliphatic heterocycles. The lowest BCUT2D eigenvalue weighted by molar-refractivity contribution is -0.122. The second-order valence-electron chi connectivity index (χ2n) is 12.2. The number of guanidine groups is 1. The zero-order valence-corrected chi connectivity index (χ0v) is 26.8. The van der Waals surface area contributed by atoms with Gasteiger partial charge in [-0.2, -0.15) is 14.0 Å². The molecule has 0 spiro atoms. The minimum Gasteiger partial charge on any atom is -0.444 e. The molecule has 3 amide bonds. The highest BCUT2D eigenvalue weighted by Gasteiger charge is 2.37. The second kappa shape index (κ2) is 16.1. The average Bonchev–Trinajstić information content (AvgIpc) is 2.91. The van der Waals surface area contributed by atoms with Crippen LogP contribution >= 0.6 is 0 Å². The fraction of sp³-hybridized carbons (Fsp3) is 0.533. The molecule has 0 saturated heterocycles. The zero-order chi connectivity index (χ0) is 34.7. The number of amides is 3. The van der Waals surface area contributed by atoms with Crippen LogP contribution in [-0.2, 0) is 25.0 Å². The van der Waals surface area contributed by atoms with Gasteiger partial charge in [0.25, 0.3) is 0 Å². The summed E-state index contributed by atoms with van der Waals surface area (Å²) in [7, 11) is 0. The van der Waals surface area contributed by atoms with Crippen LogP contribution < -0.4 is 21.4 Å². The van der Waals surface area contributed by atoms with E-state index in [0.29, 0.717) is 5.56 Å². The summed E-state index contributed by atoms with van der Waals surface area (Å²) in [4.78, 5) is 49.4. The fourth-order valence-corrected chi connectivity index (χ4v) is 3.73. The minimum atomic E-state index is -3.41. The first kappa shape index (κ1) is 37.5. The third kappa shape index (κ3) is 13.1. The van der Waals surface area contributed by atoms with Crippen LogP contribution in [0.1, 0.15) is 59.2 Å². The minimum absolute atomic E-state index is 0.0331. The molecule has 2 rings (SSSR count). The topological polar surface area (TPSA) is 176 Å². The van der Waals surface area contributed by atoms with Crippen molar-refractivity contribution in [3.05, 3.63) is 53.0 Å². The maximum absolute atomic E-state index is 15.4. The molecule has 1 aromatic rings. The Bertz CT molecular complexity index is 1380.